The summed E-state index contributed by atoms with van der Waals surface area (Å²) in [6.45, 7) is 5.47. The van der Waals surface area contributed by atoms with Crippen molar-refractivity contribution in [3.63, 3.8) is 0 Å². The van der Waals surface area contributed by atoms with Gasteiger partial charge in [0.1, 0.15) is 5.75 Å². The van der Waals surface area contributed by atoms with Crippen LogP contribution < -0.4 is 10.5 Å². The summed E-state index contributed by atoms with van der Waals surface area (Å²) in [5, 5.41) is 0. The molecule has 0 bridgehead atoms. The van der Waals surface area contributed by atoms with Crippen LogP contribution in [0, 0.1) is 0 Å². The molecule has 0 aliphatic carbocycles. The Balaban J connectivity index is 2.03. The molecule has 0 saturated heterocycles. The van der Waals surface area contributed by atoms with Crippen molar-refractivity contribution in [2.45, 2.75) is 12.8 Å². The number of rotatable bonds is 5. The fourth-order valence-corrected chi connectivity index (χ4v) is 2.40. The SMILES string of the molecule is CCN(CC(N)=S)CC1COc2ccccc21. The number of para-hydroxylation sites is 1. The van der Waals surface area contributed by atoms with Crippen LogP contribution in [0.4, 0.5) is 0 Å². The topological polar surface area (TPSA) is 38.5 Å². The molecule has 0 radical (unpaired) electrons. The van der Waals surface area contributed by atoms with E-state index in [1.807, 2.05) is 12.1 Å². The minimum atomic E-state index is 0.431. The molecule has 1 heterocycles. The lowest BCUT2D eigenvalue weighted by Gasteiger charge is -2.22. The standard InChI is InChI=1S/C13H18N2OS/c1-2-15(8-13(14)17)7-10-9-16-12-6-4-3-5-11(10)12/h3-6,10H,2,7-9H2,1H3,(H2,14,17). The van der Waals surface area contributed by atoms with Crippen molar-refractivity contribution < 1.29 is 4.74 Å². The van der Waals surface area contributed by atoms with E-state index in [4.69, 9.17) is 22.7 Å². The van der Waals surface area contributed by atoms with E-state index in [-0.39, 0.29) is 0 Å². The molecule has 0 spiro atoms. The molecule has 0 aromatic heterocycles. The van der Waals surface area contributed by atoms with Gasteiger partial charge in [-0.25, -0.2) is 0 Å². The molecular weight excluding hydrogens is 232 g/mol. The minimum absolute atomic E-state index is 0.431. The molecule has 1 aliphatic heterocycles. The van der Waals surface area contributed by atoms with Gasteiger partial charge in [-0.2, -0.15) is 0 Å². The zero-order valence-electron chi connectivity index (χ0n) is 10.1. The van der Waals surface area contributed by atoms with Crippen LogP contribution in [0.15, 0.2) is 24.3 Å². The Hall–Kier alpha value is -1.13. The predicted molar refractivity (Wildman–Crippen MR) is 73.6 cm³/mol. The van der Waals surface area contributed by atoms with Crippen LogP contribution in [0.2, 0.25) is 0 Å². The first-order chi connectivity index (χ1) is 8.20. The molecule has 0 fully saturated rings. The molecule has 4 heteroatoms. The summed E-state index contributed by atoms with van der Waals surface area (Å²) >= 11 is 4.96. The summed E-state index contributed by atoms with van der Waals surface area (Å²) in [5.41, 5.74) is 6.90. The van der Waals surface area contributed by atoms with Crippen LogP contribution >= 0.6 is 12.2 Å². The molecule has 2 N–H and O–H groups in total. The number of likely N-dealkylation sites (N-methyl/N-ethyl adjacent to an activating group) is 1. The van der Waals surface area contributed by atoms with Crippen molar-refractivity contribution in [1.29, 1.82) is 0 Å². The summed E-state index contributed by atoms with van der Waals surface area (Å²) in [7, 11) is 0. The van der Waals surface area contributed by atoms with E-state index in [2.05, 4.69) is 24.0 Å². The van der Waals surface area contributed by atoms with Gasteiger partial charge in [-0.1, -0.05) is 37.3 Å². The van der Waals surface area contributed by atoms with Gasteiger partial charge in [-0.05, 0) is 12.6 Å². The van der Waals surface area contributed by atoms with Crippen LogP contribution in [0.3, 0.4) is 0 Å². The molecule has 92 valence electrons. The van der Waals surface area contributed by atoms with Gasteiger partial charge < -0.3 is 10.5 Å². The largest absolute Gasteiger partial charge is 0.493 e. The molecule has 1 aromatic carbocycles. The number of ether oxygens (including phenoxy) is 1. The van der Waals surface area contributed by atoms with Crippen molar-refractivity contribution in [2.24, 2.45) is 5.73 Å². The normalized spacial score (nSPS) is 17.9. The van der Waals surface area contributed by atoms with Crippen molar-refractivity contribution in [2.75, 3.05) is 26.2 Å². The first-order valence-corrected chi connectivity index (χ1v) is 6.34. The minimum Gasteiger partial charge on any atom is -0.493 e. The van der Waals surface area contributed by atoms with E-state index in [9.17, 15) is 0 Å². The highest BCUT2D eigenvalue weighted by Crippen LogP contribution is 2.33. The molecule has 0 saturated carbocycles. The van der Waals surface area contributed by atoms with Crippen LogP contribution in [0.1, 0.15) is 18.4 Å². The molecule has 1 atom stereocenters. The number of nitrogens with two attached hydrogens (primary N) is 1. The number of benzene rings is 1. The average molecular weight is 250 g/mol. The molecular formula is C13H18N2OS. The van der Waals surface area contributed by atoms with Gasteiger partial charge in [0.25, 0.3) is 0 Å². The Labute approximate surface area is 108 Å². The number of hydrogen-bond donors (Lipinski definition) is 1. The third kappa shape index (κ3) is 2.96. The second kappa shape index (κ2) is 5.47. The van der Waals surface area contributed by atoms with E-state index in [0.717, 1.165) is 25.4 Å². The molecule has 1 aliphatic rings. The van der Waals surface area contributed by atoms with E-state index < -0.39 is 0 Å². The highest BCUT2D eigenvalue weighted by molar-refractivity contribution is 7.80. The lowest BCUT2D eigenvalue weighted by Crippen LogP contribution is -2.36. The summed E-state index contributed by atoms with van der Waals surface area (Å²) < 4.78 is 5.67. The van der Waals surface area contributed by atoms with Crippen molar-refractivity contribution in [3.8, 4) is 5.75 Å². The molecule has 0 amide bonds. The number of fused-ring (bicyclic) bond motifs is 1. The molecule has 1 unspecified atom stereocenters. The monoisotopic (exact) mass is 250 g/mol. The lowest BCUT2D eigenvalue weighted by atomic mass is 10.0. The second-order valence-electron chi connectivity index (χ2n) is 4.34. The van der Waals surface area contributed by atoms with Gasteiger partial charge in [0.15, 0.2) is 0 Å². The van der Waals surface area contributed by atoms with Gasteiger partial charge >= 0.3 is 0 Å². The first-order valence-electron chi connectivity index (χ1n) is 5.93. The summed E-state index contributed by atoms with van der Waals surface area (Å²) in [4.78, 5) is 2.82. The van der Waals surface area contributed by atoms with Crippen LogP contribution in [-0.2, 0) is 0 Å². The van der Waals surface area contributed by atoms with Gasteiger partial charge in [0.2, 0.25) is 0 Å². The number of thiocarbonyl (C=S) groups is 1. The molecule has 1 aromatic rings. The summed E-state index contributed by atoms with van der Waals surface area (Å²) in [5.74, 6) is 1.45. The summed E-state index contributed by atoms with van der Waals surface area (Å²) in [6, 6.07) is 8.24. The predicted octanol–water partition coefficient (Wildman–Crippen LogP) is 1.77. The fraction of sp³-hybridized carbons (Fsp3) is 0.462. The van der Waals surface area contributed by atoms with Crippen molar-refractivity contribution in [1.82, 2.24) is 4.90 Å². The zero-order valence-corrected chi connectivity index (χ0v) is 10.9. The Morgan fingerprint density at radius 3 is 3.00 bits per heavy atom. The Morgan fingerprint density at radius 1 is 1.53 bits per heavy atom. The first kappa shape index (κ1) is 12.3. The lowest BCUT2D eigenvalue weighted by molar-refractivity contribution is 0.263. The van der Waals surface area contributed by atoms with Crippen LogP contribution in [0.5, 0.6) is 5.75 Å². The van der Waals surface area contributed by atoms with Gasteiger partial charge in [0, 0.05) is 24.6 Å². The van der Waals surface area contributed by atoms with E-state index in [0.29, 0.717) is 17.5 Å². The Morgan fingerprint density at radius 2 is 2.29 bits per heavy atom. The smallest absolute Gasteiger partial charge is 0.122 e. The Bertz CT molecular complexity index is 408. The molecule has 2 rings (SSSR count). The zero-order chi connectivity index (χ0) is 12.3. The van der Waals surface area contributed by atoms with Crippen molar-refractivity contribution in [3.05, 3.63) is 29.8 Å². The highest BCUT2D eigenvalue weighted by Gasteiger charge is 2.25. The highest BCUT2D eigenvalue weighted by atomic mass is 32.1. The maximum atomic E-state index is 5.67. The third-order valence-electron chi connectivity index (χ3n) is 3.10. The maximum absolute atomic E-state index is 5.67. The van der Waals surface area contributed by atoms with Gasteiger partial charge in [0.05, 0.1) is 11.6 Å². The fourth-order valence-electron chi connectivity index (χ4n) is 2.22. The van der Waals surface area contributed by atoms with Crippen LogP contribution in [-0.4, -0.2) is 36.1 Å². The number of hydrogen-bond acceptors (Lipinski definition) is 3. The van der Waals surface area contributed by atoms with Crippen molar-refractivity contribution >= 4 is 17.2 Å². The average Bonchev–Trinajstić information content (AvgIpc) is 2.71. The van der Waals surface area contributed by atoms with E-state index in [1.165, 1.54) is 5.56 Å². The quantitative estimate of drug-likeness (QED) is 0.808. The molecule has 3 nitrogen and oxygen atoms in total. The second-order valence-corrected chi connectivity index (χ2v) is 4.86. The third-order valence-corrected chi connectivity index (χ3v) is 3.23. The van der Waals surface area contributed by atoms with E-state index in [1.54, 1.807) is 0 Å². The summed E-state index contributed by atoms with van der Waals surface area (Å²) in [6.07, 6.45) is 0. The maximum Gasteiger partial charge on any atom is 0.122 e. The number of nitrogens with zero attached hydrogens (tertiary/aromatic N) is 1. The Kier molecular flexibility index (Phi) is 3.97. The van der Waals surface area contributed by atoms with Gasteiger partial charge in [-0.3, -0.25) is 4.90 Å². The van der Waals surface area contributed by atoms with Gasteiger partial charge in [-0.15, -0.1) is 0 Å². The molecule has 17 heavy (non-hydrogen) atoms. The van der Waals surface area contributed by atoms with Crippen LogP contribution in [0.25, 0.3) is 0 Å². The van der Waals surface area contributed by atoms with E-state index >= 15 is 0 Å².